The SMILES string of the molecule is O=C(c1cscc1Br)C12CC3CC(CC(C3)C1)C2. The van der Waals surface area contributed by atoms with Crippen LogP contribution < -0.4 is 0 Å². The Labute approximate surface area is 120 Å². The summed E-state index contributed by atoms with van der Waals surface area (Å²) in [5.74, 6) is 2.97. The topological polar surface area (TPSA) is 17.1 Å². The summed E-state index contributed by atoms with van der Waals surface area (Å²) in [7, 11) is 0. The molecule has 3 heteroatoms. The highest BCUT2D eigenvalue weighted by Crippen LogP contribution is 2.61. The van der Waals surface area contributed by atoms with Gasteiger partial charge >= 0.3 is 0 Å². The molecule has 0 aromatic carbocycles. The molecule has 4 aliphatic rings. The maximum atomic E-state index is 13.0. The van der Waals surface area contributed by atoms with E-state index >= 15 is 0 Å². The van der Waals surface area contributed by atoms with E-state index in [-0.39, 0.29) is 5.41 Å². The molecule has 96 valence electrons. The molecule has 1 aromatic rings. The molecule has 1 nitrogen and oxygen atoms in total. The highest BCUT2D eigenvalue weighted by atomic mass is 79.9. The van der Waals surface area contributed by atoms with Crippen molar-refractivity contribution in [2.45, 2.75) is 38.5 Å². The lowest BCUT2D eigenvalue weighted by atomic mass is 9.48. The largest absolute Gasteiger partial charge is 0.293 e. The van der Waals surface area contributed by atoms with Crippen molar-refractivity contribution in [1.82, 2.24) is 0 Å². The van der Waals surface area contributed by atoms with Gasteiger partial charge in [-0.2, -0.15) is 11.3 Å². The predicted molar refractivity (Wildman–Crippen MR) is 77.0 cm³/mol. The molecule has 4 aliphatic carbocycles. The zero-order valence-corrected chi connectivity index (χ0v) is 12.7. The molecule has 0 radical (unpaired) electrons. The summed E-state index contributed by atoms with van der Waals surface area (Å²) < 4.78 is 1.01. The van der Waals surface area contributed by atoms with Crippen LogP contribution in [0, 0.1) is 23.2 Å². The van der Waals surface area contributed by atoms with Gasteiger partial charge in [-0.15, -0.1) is 0 Å². The van der Waals surface area contributed by atoms with Crippen molar-refractivity contribution in [2.24, 2.45) is 23.2 Å². The fourth-order valence-corrected chi connectivity index (χ4v) is 6.57. The minimum atomic E-state index is 0.0122. The summed E-state index contributed by atoms with van der Waals surface area (Å²) in [5, 5.41) is 4.07. The van der Waals surface area contributed by atoms with Gasteiger partial charge in [0.1, 0.15) is 0 Å². The number of thiophene rings is 1. The van der Waals surface area contributed by atoms with Crippen LogP contribution in [0.3, 0.4) is 0 Å². The first-order chi connectivity index (χ1) is 8.66. The molecule has 1 heterocycles. The van der Waals surface area contributed by atoms with E-state index in [0.29, 0.717) is 5.78 Å². The molecule has 4 bridgehead atoms. The first-order valence-corrected chi connectivity index (χ1v) is 8.66. The minimum Gasteiger partial charge on any atom is -0.293 e. The molecule has 1 aromatic heterocycles. The average Bonchev–Trinajstić information content (AvgIpc) is 2.72. The third-order valence-electron chi connectivity index (χ3n) is 5.38. The molecule has 4 fully saturated rings. The van der Waals surface area contributed by atoms with Crippen molar-refractivity contribution >= 4 is 33.0 Å². The summed E-state index contributed by atoms with van der Waals surface area (Å²) in [6.45, 7) is 0. The third-order valence-corrected chi connectivity index (χ3v) is 7.08. The Kier molecular flexibility index (Phi) is 2.54. The lowest BCUT2D eigenvalue weighted by molar-refractivity contribution is -0.0353. The second-order valence-electron chi connectivity index (χ2n) is 6.66. The Bertz CT molecular complexity index is 469. The Morgan fingerprint density at radius 1 is 1.11 bits per heavy atom. The van der Waals surface area contributed by atoms with E-state index in [0.717, 1.165) is 27.8 Å². The lowest BCUT2D eigenvalue weighted by Crippen LogP contribution is -2.50. The summed E-state index contributed by atoms with van der Waals surface area (Å²) in [6, 6.07) is 0. The highest BCUT2D eigenvalue weighted by molar-refractivity contribution is 9.10. The van der Waals surface area contributed by atoms with Crippen LogP contribution >= 0.6 is 27.3 Å². The number of carbonyl (C=O) groups is 1. The molecule has 0 N–H and O–H groups in total. The van der Waals surface area contributed by atoms with Gasteiger partial charge in [-0.3, -0.25) is 4.79 Å². The normalized spacial score (nSPS) is 41.3. The zero-order chi connectivity index (χ0) is 12.3. The van der Waals surface area contributed by atoms with Gasteiger partial charge < -0.3 is 0 Å². The van der Waals surface area contributed by atoms with Crippen LogP contribution in [-0.4, -0.2) is 5.78 Å². The van der Waals surface area contributed by atoms with Gasteiger partial charge in [0.15, 0.2) is 5.78 Å². The Balaban J connectivity index is 1.72. The number of Topliss-reactive ketones (excluding diaryl/α,β-unsaturated/α-hetero) is 1. The average molecular weight is 325 g/mol. The summed E-state index contributed by atoms with van der Waals surface area (Å²) in [4.78, 5) is 13.0. The third kappa shape index (κ3) is 1.59. The van der Waals surface area contributed by atoms with Gasteiger partial charge in [0.25, 0.3) is 0 Å². The first kappa shape index (κ1) is 11.7. The monoisotopic (exact) mass is 324 g/mol. The number of hydrogen-bond donors (Lipinski definition) is 0. The number of ketones is 1. The van der Waals surface area contributed by atoms with Crippen molar-refractivity contribution < 1.29 is 4.79 Å². The molecule has 0 spiro atoms. The number of rotatable bonds is 2. The lowest BCUT2D eigenvalue weighted by Gasteiger charge is -2.55. The molecular weight excluding hydrogens is 308 g/mol. The van der Waals surface area contributed by atoms with E-state index in [1.807, 2.05) is 10.8 Å². The molecule has 0 atom stereocenters. The highest BCUT2D eigenvalue weighted by Gasteiger charge is 2.54. The zero-order valence-electron chi connectivity index (χ0n) is 10.3. The fraction of sp³-hybridized carbons (Fsp3) is 0.667. The van der Waals surface area contributed by atoms with E-state index in [1.54, 1.807) is 11.3 Å². The predicted octanol–water partition coefficient (Wildman–Crippen LogP) is 4.91. The maximum Gasteiger partial charge on any atom is 0.171 e. The summed E-state index contributed by atoms with van der Waals surface area (Å²) >= 11 is 5.17. The van der Waals surface area contributed by atoms with Crippen molar-refractivity contribution in [1.29, 1.82) is 0 Å². The van der Waals surface area contributed by atoms with E-state index in [4.69, 9.17) is 0 Å². The van der Waals surface area contributed by atoms with E-state index in [2.05, 4.69) is 15.9 Å². The van der Waals surface area contributed by atoms with Crippen molar-refractivity contribution in [3.05, 3.63) is 20.8 Å². The van der Waals surface area contributed by atoms with Crippen molar-refractivity contribution in [2.75, 3.05) is 0 Å². The van der Waals surface area contributed by atoms with Crippen LogP contribution in [0.2, 0.25) is 0 Å². The van der Waals surface area contributed by atoms with Gasteiger partial charge in [0, 0.05) is 26.2 Å². The molecule has 4 saturated carbocycles. The second kappa shape index (κ2) is 3.92. The van der Waals surface area contributed by atoms with Crippen LogP contribution in [0.15, 0.2) is 15.2 Å². The van der Waals surface area contributed by atoms with Gasteiger partial charge in [-0.1, -0.05) is 0 Å². The Morgan fingerprint density at radius 3 is 2.11 bits per heavy atom. The maximum absolute atomic E-state index is 13.0. The fourth-order valence-electron chi connectivity index (χ4n) is 5.12. The van der Waals surface area contributed by atoms with E-state index in [9.17, 15) is 4.79 Å². The van der Waals surface area contributed by atoms with Gasteiger partial charge in [-0.05, 0) is 72.2 Å². The van der Waals surface area contributed by atoms with Crippen molar-refractivity contribution in [3.63, 3.8) is 0 Å². The molecular formula is C15H17BrOS. The quantitative estimate of drug-likeness (QED) is 0.706. The summed E-state index contributed by atoms with van der Waals surface area (Å²) in [5.41, 5.74) is 0.958. The standard InChI is InChI=1S/C15H17BrOS/c16-13-8-18-7-12(13)14(17)15-4-9-1-10(5-15)3-11(2-9)6-15/h7-11H,1-6H2. The first-order valence-electron chi connectivity index (χ1n) is 6.93. The van der Waals surface area contributed by atoms with E-state index in [1.165, 1.54) is 38.5 Å². The number of hydrogen-bond acceptors (Lipinski definition) is 2. The van der Waals surface area contributed by atoms with Crippen LogP contribution in [0.4, 0.5) is 0 Å². The van der Waals surface area contributed by atoms with Crippen LogP contribution in [0.25, 0.3) is 0 Å². The molecule has 0 saturated heterocycles. The molecule has 0 unspecified atom stereocenters. The molecule has 0 amide bonds. The molecule has 0 aliphatic heterocycles. The molecule has 18 heavy (non-hydrogen) atoms. The second-order valence-corrected chi connectivity index (χ2v) is 8.26. The molecule has 5 rings (SSSR count). The van der Waals surface area contributed by atoms with E-state index < -0.39 is 0 Å². The van der Waals surface area contributed by atoms with Gasteiger partial charge in [-0.25, -0.2) is 0 Å². The summed E-state index contributed by atoms with van der Waals surface area (Å²) in [6.07, 6.45) is 7.70. The minimum absolute atomic E-state index is 0.0122. The van der Waals surface area contributed by atoms with Gasteiger partial charge in [0.05, 0.1) is 0 Å². The number of carbonyl (C=O) groups excluding carboxylic acids is 1. The van der Waals surface area contributed by atoms with Crippen LogP contribution in [0.5, 0.6) is 0 Å². The van der Waals surface area contributed by atoms with Crippen LogP contribution in [0.1, 0.15) is 48.9 Å². The Hall–Kier alpha value is -0.150. The number of halogens is 1. The smallest absolute Gasteiger partial charge is 0.171 e. The van der Waals surface area contributed by atoms with Crippen molar-refractivity contribution in [3.8, 4) is 0 Å². The Morgan fingerprint density at radius 2 is 1.67 bits per heavy atom. The van der Waals surface area contributed by atoms with Gasteiger partial charge in [0.2, 0.25) is 0 Å². The van der Waals surface area contributed by atoms with Crippen LogP contribution in [-0.2, 0) is 0 Å².